The van der Waals surface area contributed by atoms with E-state index < -0.39 is 17.9 Å². The fourth-order valence-electron chi connectivity index (χ4n) is 4.67. The minimum absolute atomic E-state index is 0.238. The number of esters is 2. The number of rotatable bonds is 12. The number of carbonyl (C=O) groups excluding carboxylic acids is 3. The van der Waals surface area contributed by atoms with Gasteiger partial charge in [0.1, 0.15) is 24.5 Å². The van der Waals surface area contributed by atoms with Crippen LogP contribution in [0.4, 0.5) is 0 Å². The molecule has 0 N–H and O–H groups in total. The fraction of sp³-hybridized carbons (Fsp3) is 0.0930. The van der Waals surface area contributed by atoms with Gasteiger partial charge in [0, 0.05) is 55.3 Å². The Morgan fingerprint density at radius 2 is 1.27 bits per heavy atom. The number of carbonyl (C=O) groups is 3. The van der Waals surface area contributed by atoms with Crippen LogP contribution in [0.15, 0.2) is 138 Å². The molecule has 0 bridgehead atoms. The molecule has 9 heteroatoms. The van der Waals surface area contributed by atoms with Crippen LogP contribution in [-0.2, 0) is 29.9 Å². The van der Waals surface area contributed by atoms with Gasteiger partial charge in [-0.25, -0.2) is 14.4 Å². The van der Waals surface area contributed by atoms with E-state index in [0.29, 0.717) is 29.1 Å². The first-order valence-corrected chi connectivity index (χ1v) is 17.6. The summed E-state index contributed by atoms with van der Waals surface area (Å²) in [6, 6.07) is 32.2. The van der Waals surface area contributed by atoms with Crippen LogP contribution >= 0.6 is 23.8 Å². The van der Waals surface area contributed by atoms with Crippen LogP contribution < -0.4 is 4.74 Å². The lowest BCUT2D eigenvalue weighted by atomic mass is 10.0. The molecule has 0 saturated heterocycles. The Bertz CT molecular complexity index is 2220. The Morgan fingerprint density at radius 1 is 0.692 bits per heavy atom. The molecule has 0 fully saturated rings. The van der Waals surface area contributed by atoms with Gasteiger partial charge < -0.3 is 18.4 Å². The maximum atomic E-state index is 12.9. The van der Waals surface area contributed by atoms with E-state index in [1.807, 2.05) is 97.1 Å². The number of ether oxygens (including phenoxy) is 3. The maximum Gasteiger partial charge on any atom is 0.342 e. The van der Waals surface area contributed by atoms with Gasteiger partial charge in [0.2, 0.25) is 0 Å². The Morgan fingerprint density at radius 3 is 1.88 bits per heavy atom. The number of thioether (sulfide) groups is 1. The van der Waals surface area contributed by atoms with Gasteiger partial charge in [0.25, 0.3) is 0 Å². The molecule has 7 nitrogen and oxygen atoms in total. The van der Waals surface area contributed by atoms with Crippen LogP contribution in [0.3, 0.4) is 0 Å². The van der Waals surface area contributed by atoms with Crippen LogP contribution in [0.25, 0.3) is 10.8 Å². The topological polar surface area (TPSA) is 88.1 Å². The monoisotopic (exact) mass is 724 g/mol. The highest BCUT2D eigenvalue weighted by atomic mass is 32.2. The standard InChI is InChI=1S/C43H32O7S2/c1-4-40(44)48-26-27-51-36-20-14-32(15-21-36)8-11-33-18-24-38-35(28-33)19-25-39(42(38)43(46)47-3)49-29-34-12-9-30(10-13-34)6-7-31-16-22-37(23-17-31)52-50-41(45)5-2/h4-5,9-10,12-25,28H,1-2,26-27,29H2,3H3. The minimum atomic E-state index is -0.500. The van der Waals surface area contributed by atoms with Gasteiger partial charge in [-0.1, -0.05) is 61.1 Å². The molecule has 0 atom stereocenters. The molecule has 0 heterocycles. The first-order valence-electron chi connectivity index (χ1n) is 15.9. The number of benzene rings is 5. The molecule has 0 radical (unpaired) electrons. The molecule has 5 rings (SSSR count). The summed E-state index contributed by atoms with van der Waals surface area (Å²) in [5.41, 5.74) is 4.56. The van der Waals surface area contributed by atoms with Crippen molar-refractivity contribution in [3.05, 3.63) is 162 Å². The third-order valence-electron chi connectivity index (χ3n) is 7.28. The van der Waals surface area contributed by atoms with Gasteiger partial charge >= 0.3 is 17.9 Å². The maximum absolute atomic E-state index is 12.9. The summed E-state index contributed by atoms with van der Waals surface area (Å²) in [5, 5.41) is 1.53. The molecule has 0 amide bonds. The predicted octanol–water partition coefficient (Wildman–Crippen LogP) is 8.56. The van der Waals surface area contributed by atoms with Crippen molar-refractivity contribution in [3.63, 3.8) is 0 Å². The van der Waals surface area contributed by atoms with E-state index in [0.717, 1.165) is 67.2 Å². The van der Waals surface area contributed by atoms with Crippen LogP contribution in [0.1, 0.15) is 38.2 Å². The van der Waals surface area contributed by atoms with Gasteiger partial charge in [0.15, 0.2) is 0 Å². The lowest BCUT2D eigenvalue weighted by Crippen LogP contribution is -2.07. The molecule has 0 aliphatic rings. The lowest BCUT2D eigenvalue weighted by Gasteiger charge is -2.13. The lowest BCUT2D eigenvalue weighted by molar-refractivity contribution is -0.137. The SMILES string of the molecule is C=CC(=O)OCCSc1ccc(C#Cc2ccc3c(C(=O)OC)c(OCc4ccc(C#Cc5ccc(SOC(=O)C=C)cc5)cc4)ccc3c2)cc1. The first-order chi connectivity index (χ1) is 25.3. The Labute approximate surface area is 311 Å². The zero-order valence-electron chi connectivity index (χ0n) is 28.2. The molecule has 0 aromatic heterocycles. The second-order valence-corrected chi connectivity index (χ2v) is 12.8. The number of fused-ring (bicyclic) bond motifs is 1. The van der Waals surface area contributed by atoms with Crippen molar-refractivity contribution in [2.75, 3.05) is 19.5 Å². The van der Waals surface area contributed by atoms with E-state index in [1.54, 1.807) is 17.8 Å². The van der Waals surface area contributed by atoms with Crippen molar-refractivity contribution >= 4 is 52.5 Å². The highest BCUT2D eigenvalue weighted by Gasteiger charge is 2.18. The molecule has 258 valence electrons. The smallest absolute Gasteiger partial charge is 0.342 e. The van der Waals surface area contributed by atoms with Crippen LogP contribution in [0.5, 0.6) is 5.75 Å². The zero-order chi connectivity index (χ0) is 36.7. The summed E-state index contributed by atoms with van der Waals surface area (Å²) in [5.74, 6) is 12.3. The van der Waals surface area contributed by atoms with E-state index in [4.69, 9.17) is 18.4 Å². The van der Waals surface area contributed by atoms with Crippen molar-refractivity contribution in [3.8, 4) is 29.4 Å². The third kappa shape index (κ3) is 10.7. The second kappa shape index (κ2) is 18.7. The molecular formula is C43H32O7S2. The van der Waals surface area contributed by atoms with Crippen molar-refractivity contribution in [1.82, 2.24) is 0 Å². The highest BCUT2D eigenvalue weighted by Crippen LogP contribution is 2.30. The van der Waals surface area contributed by atoms with E-state index in [1.165, 1.54) is 7.11 Å². The highest BCUT2D eigenvalue weighted by molar-refractivity contribution is 7.99. The Balaban J connectivity index is 1.21. The van der Waals surface area contributed by atoms with Gasteiger partial charge in [-0.3, -0.25) is 0 Å². The number of methoxy groups -OCH3 is 1. The average Bonchev–Trinajstić information content (AvgIpc) is 3.19. The van der Waals surface area contributed by atoms with E-state index >= 15 is 0 Å². The fourth-order valence-corrected chi connectivity index (χ4v) is 5.89. The van der Waals surface area contributed by atoms with Crippen LogP contribution in [0.2, 0.25) is 0 Å². The summed E-state index contributed by atoms with van der Waals surface area (Å²) in [6.45, 7) is 7.31. The normalized spacial score (nSPS) is 10.1. The summed E-state index contributed by atoms with van der Waals surface area (Å²) in [4.78, 5) is 37.2. The van der Waals surface area contributed by atoms with Crippen molar-refractivity contribution in [2.45, 2.75) is 16.4 Å². The molecule has 0 spiro atoms. The quantitative estimate of drug-likeness (QED) is 0.0314. The van der Waals surface area contributed by atoms with E-state index in [2.05, 4.69) is 36.8 Å². The number of hydrogen-bond donors (Lipinski definition) is 0. The molecule has 0 aliphatic heterocycles. The largest absolute Gasteiger partial charge is 0.488 e. The summed E-state index contributed by atoms with van der Waals surface area (Å²) < 4.78 is 21.2. The van der Waals surface area contributed by atoms with E-state index in [9.17, 15) is 14.4 Å². The van der Waals surface area contributed by atoms with Gasteiger partial charge in [-0.2, -0.15) is 0 Å². The third-order valence-corrected chi connectivity index (χ3v) is 8.97. The number of hydrogen-bond acceptors (Lipinski definition) is 9. The van der Waals surface area contributed by atoms with Crippen molar-refractivity contribution in [2.24, 2.45) is 0 Å². The van der Waals surface area contributed by atoms with Gasteiger partial charge in [-0.05, 0) is 89.8 Å². The Hall–Kier alpha value is -6.13. The minimum Gasteiger partial charge on any atom is -0.488 e. The average molecular weight is 725 g/mol. The second-order valence-electron chi connectivity index (χ2n) is 10.8. The summed E-state index contributed by atoms with van der Waals surface area (Å²) in [6.07, 6.45) is 2.26. The molecule has 5 aromatic rings. The molecular weight excluding hydrogens is 693 g/mol. The van der Waals surface area contributed by atoms with Crippen molar-refractivity contribution < 1.29 is 32.8 Å². The van der Waals surface area contributed by atoms with Gasteiger partial charge in [0.05, 0.1) is 19.2 Å². The molecule has 52 heavy (non-hydrogen) atoms. The van der Waals surface area contributed by atoms with Crippen molar-refractivity contribution in [1.29, 1.82) is 0 Å². The molecule has 5 aromatic carbocycles. The molecule has 0 unspecified atom stereocenters. The van der Waals surface area contributed by atoms with E-state index in [-0.39, 0.29) is 6.61 Å². The summed E-state index contributed by atoms with van der Waals surface area (Å²) in [7, 11) is 1.35. The first kappa shape index (κ1) is 37.1. The molecule has 0 saturated carbocycles. The molecule has 0 aliphatic carbocycles. The predicted molar refractivity (Wildman–Crippen MR) is 205 cm³/mol. The van der Waals surface area contributed by atoms with Gasteiger partial charge in [-0.15, -0.1) is 11.8 Å². The Kier molecular flexibility index (Phi) is 13.4. The zero-order valence-corrected chi connectivity index (χ0v) is 29.8. The van der Waals surface area contributed by atoms with Crippen LogP contribution in [-0.4, -0.2) is 37.4 Å². The van der Waals surface area contributed by atoms with Crippen LogP contribution in [0, 0.1) is 23.7 Å². The summed E-state index contributed by atoms with van der Waals surface area (Å²) >= 11 is 2.55.